The van der Waals surface area contributed by atoms with E-state index < -0.39 is 6.09 Å². The van der Waals surface area contributed by atoms with E-state index in [2.05, 4.69) is 10.00 Å². The third-order valence-corrected chi connectivity index (χ3v) is 2.89. The Labute approximate surface area is 94.1 Å². The summed E-state index contributed by atoms with van der Waals surface area (Å²) >= 11 is 0. The van der Waals surface area contributed by atoms with Crippen LogP contribution in [0.15, 0.2) is 12.3 Å². The van der Waals surface area contributed by atoms with Crippen molar-refractivity contribution in [2.45, 2.75) is 13.0 Å². The van der Waals surface area contributed by atoms with E-state index in [0.717, 1.165) is 5.82 Å². The van der Waals surface area contributed by atoms with Gasteiger partial charge in [-0.3, -0.25) is 4.68 Å². The molecule has 2 rings (SSSR count). The summed E-state index contributed by atoms with van der Waals surface area (Å²) in [5.41, 5.74) is 0. The largest absolute Gasteiger partial charge is 0.465 e. The summed E-state index contributed by atoms with van der Waals surface area (Å²) in [7, 11) is 1.88. The fourth-order valence-corrected chi connectivity index (χ4v) is 2.03. The Kier molecular flexibility index (Phi) is 2.72. The van der Waals surface area contributed by atoms with Crippen LogP contribution in [0.1, 0.15) is 6.92 Å². The van der Waals surface area contributed by atoms with E-state index in [1.807, 2.05) is 26.2 Å². The fraction of sp³-hybridized carbons (Fsp3) is 0.600. The summed E-state index contributed by atoms with van der Waals surface area (Å²) in [6, 6.07) is 2.12. The first-order valence-corrected chi connectivity index (χ1v) is 5.32. The number of carboxylic acid groups (broad SMARTS) is 1. The lowest BCUT2D eigenvalue weighted by molar-refractivity contribution is 0.136. The Morgan fingerprint density at radius 2 is 2.31 bits per heavy atom. The molecule has 1 fully saturated rings. The Bertz CT molecular complexity index is 390. The zero-order chi connectivity index (χ0) is 11.7. The molecule has 1 aliphatic heterocycles. The molecule has 1 N–H and O–H groups in total. The van der Waals surface area contributed by atoms with Gasteiger partial charge in [0.15, 0.2) is 5.82 Å². The highest BCUT2D eigenvalue weighted by molar-refractivity contribution is 5.65. The highest BCUT2D eigenvalue weighted by Gasteiger charge is 2.27. The number of nitrogens with zero attached hydrogens (tertiary/aromatic N) is 4. The molecule has 0 saturated carbocycles. The van der Waals surface area contributed by atoms with Crippen molar-refractivity contribution >= 4 is 11.9 Å². The SMILES string of the molecule is C[C@H]1CN(C(=O)O)CCN1c1ccn(C)n1. The van der Waals surface area contributed by atoms with E-state index in [9.17, 15) is 4.79 Å². The molecule has 0 aromatic carbocycles. The number of carbonyl (C=O) groups is 1. The van der Waals surface area contributed by atoms with Gasteiger partial charge < -0.3 is 14.9 Å². The second-order valence-corrected chi connectivity index (χ2v) is 4.12. The number of hydrogen-bond acceptors (Lipinski definition) is 3. The van der Waals surface area contributed by atoms with Crippen molar-refractivity contribution in [1.82, 2.24) is 14.7 Å². The minimum atomic E-state index is -0.840. The maximum Gasteiger partial charge on any atom is 0.407 e. The Balaban J connectivity index is 2.07. The number of rotatable bonds is 1. The standard InChI is InChI=1S/C10H16N4O2/c1-8-7-13(10(15)16)5-6-14(8)9-3-4-12(2)11-9/h3-4,8H,5-7H2,1-2H3,(H,15,16)/t8-/m0/s1. The second-order valence-electron chi connectivity index (χ2n) is 4.12. The van der Waals surface area contributed by atoms with Crippen LogP contribution in [-0.2, 0) is 7.05 Å². The zero-order valence-corrected chi connectivity index (χ0v) is 9.50. The number of hydrogen-bond donors (Lipinski definition) is 1. The van der Waals surface area contributed by atoms with Crippen LogP contribution < -0.4 is 4.90 Å². The van der Waals surface area contributed by atoms with Gasteiger partial charge in [0, 0.05) is 45.0 Å². The summed E-state index contributed by atoms with van der Waals surface area (Å²) in [6.45, 7) is 3.79. The van der Waals surface area contributed by atoms with Gasteiger partial charge in [-0.15, -0.1) is 0 Å². The van der Waals surface area contributed by atoms with Crippen molar-refractivity contribution in [2.75, 3.05) is 24.5 Å². The lowest BCUT2D eigenvalue weighted by atomic mass is 10.2. The molecular weight excluding hydrogens is 208 g/mol. The molecule has 6 heteroatoms. The molecule has 16 heavy (non-hydrogen) atoms. The van der Waals surface area contributed by atoms with Crippen LogP contribution in [0.2, 0.25) is 0 Å². The molecule has 1 aromatic rings. The molecule has 88 valence electrons. The van der Waals surface area contributed by atoms with Gasteiger partial charge in [0.25, 0.3) is 0 Å². The van der Waals surface area contributed by atoms with Crippen LogP contribution in [0, 0.1) is 0 Å². The summed E-state index contributed by atoms with van der Waals surface area (Å²) in [6.07, 6.45) is 1.05. The predicted molar refractivity (Wildman–Crippen MR) is 59.6 cm³/mol. The second kappa shape index (κ2) is 4.03. The number of aryl methyl sites for hydroxylation is 1. The van der Waals surface area contributed by atoms with Crippen LogP contribution in [-0.4, -0.2) is 51.6 Å². The van der Waals surface area contributed by atoms with Crippen LogP contribution in [0.3, 0.4) is 0 Å². The van der Waals surface area contributed by atoms with Gasteiger partial charge in [-0.1, -0.05) is 0 Å². The van der Waals surface area contributed by atoms with Crippen molar-refractivity contribution in [3.63, 3.8) is 0 Å². The molecule has 0 bridgehead atoms. The number of aromatic nitrogens is 2. The molecule has 1 saturated heterocycles. The van der Waals surface area contributed by atoms with Crippen LogP contribution >= 0.6 is 0 Å². The summed E-state index contributed by atoms with van der Waals surface area (Å²) in [5.74, 6) is 0.917. The lowest BCUT2D eigenvalue weighted by Gasteiger charge is -2.38. The van der Waals surface area contributed by atoms with Crippen LogP contribution in [0.4, 0.5) is 10.6 Å². The number of amides is 1. The molecular formula is C10H16N4O2. The van der Waals surface area contributed by atoms with Gasteiger partial charge in [0.2, 0.25) is 0 Å². The molecule has 1 aliphatic rings. The average molecular weight is 224 g/mol. The normalized spacial score (nSPS) is 21.2. The predicted octanol–water partition coefficient (Wildman–Crippen LogP) is 0.609. The van der Waals surface area contributed by atoms with E-state index in [1.165, 1.54) is 4.90 Å². The van der Waals surface area contributed by atoms with Gasteiger partial charge in [-0.2, -0.15) is 5.10 Å². The van der Waals surface area contributed by atoms with Gasteiger partial charge in [0.1, 0.15) is 0 Å². The Morgan fingerprint density at radius 1 is 1.56 bits per heavy atom. The van der Waals surface area contributed by atoms with Gasteiger partial charge in [0.05, 0.1) is 0 Å². The lowest BCUT2D eigenvalue weighted by Crippen LogP contribution is -2.53. The first kappa shape index (κ1) is 10.8. The number of anilines is 1. The van der Waals surface area contributed by atoms with E-state index in [1.54, 1.807) is 4.68 Å². The van der Waals surface area contributed by atoms with E-state index >= 15 is 0 Å². The topological polar surface area (TPSA) is 61.6 Å². The first-order valence-electron chi connectivity index (χ1n) is 5.32. The monoisotopic (exact) mass is 224 g/mol. The molecule has 0 unspecified atom stereocenters. The van der Waals surface area contributed by atoms with Crippen LogP contribution in [0.25, 0.3) is 0 Å². The van der Waals surface area contributed by atoms with Gasteiger partial charge in [-0.05, 0) is 6.92 Å². The maximum atomic E-state index is 10.8. The van der Waals surface area contributed by atoms with E-state index in [4.69, 9.17) is 5.11 Å². The van der Waals surface area contributed by atoms with E-state index in [-0.39, 0.29) is 6.04 Å². The summed E-state index contributed by atoms with van der Waals surface area (Å²) < 4.78 is 1.76. The fourth-order valence-electron chi connectivity index (χ4n) is 2.03. The summed E-state index contributed by atoms with van der Waals surface area (Å²) in [5, 5.41) is 13.2. The molecule has 1 amide bonds. The summed E-state index contributed by atoms with van der Waals surface area (Å²) in [4.78, 5) is 14.4. The van der Waals surface area contributed by atoms with Gasteiger partial charge >= 0.3 is 6.09 Å². The maximum absolute atomic E-state index is 10.8. The van der Waals surface area contributed by atoms with Crippen molar-refractivity contribution < 1.29 is 9.90 Å². The van der Waals surface area contributed by atoms with Crippen molar-refractivity contribution in [1.29, 1.82) is 0 Å². The highest BCUT2D eigenvalue weighted by atomic mass is 16.4. The minimum absolute atomic E-state index is 0.166. The van der Waals surface area contributed by atoms with Crippen LogP contribution in [0.5, 0.6) is 0 Å². The molecule has 1 aromatic heterocycles. The molecule has 0 spiro atoms. The van der Waals surface area contributed by atoms with E-state index in [0.29, 0.717) is 19.6 Å². The third kappa shape index (κ3) is 1.95. The van der Waals surface area contributed by atoms with Gasteiger partial charge in [-0.25, -0.2) is 4.79 Å². The first-order chi connectivity index (χ1) is 7.58. The molecule has 6 nitrogen and oxygen atoms in total. The van der Waals surface area contributed by atoms with Crippen molar-refractivity contribution in [3.8, 4) is 0 Å². The molecule has 2 heterocycles. The molecule has 1 atom stereocenters. The zero-order valence-electron chi connectivity index (χ0n) is 9.50. The Morgan fingerprint density at radius 3 is 2.81 bits per heavy atom. The highest BCUT2D eigenvalue weighted by Crippen LogP contribution is 2.17. The quantitative estimate of drug-likeness (QED) is 0.759. The van der Waals surface area contributed by atoms with Crippen molar-refractivity contribution in [2.24, 2.45) is 7.05 Å². The third-order valence-electron chi connectivity index (χ3n) is 2.89. The smallest absolute Gasteiger partial charge is 0.407 e. The minimum Gasteiger partial charge on any atom is -0.465 e. The number of piperazine rings is 1. The molecule has 0 aliphatic carbocycles. The molecule has 0 radical (unpaired) electrons. The Hall–Kier alpha value is -1.72. The van der Waals surface area contributed by atoms with Crippen molar-refractivity contribution in [3.05, 3.63) is 12.3 Å². The average Bonchev–Trinajstić information content (AvgIpc) is 2.64.